The van der Waals surface area contributed by atoms with Gasteiger partial charge in [-0.05, 0) is 50.7 Å². The average Bonchev–Trinajstić information content (AvgIpc) is 2.63. The fourth-order valence-electron chi connectivity index (χ4n) is 3.38. The van der Waals surface area contributed by atoms with E-state index in [9.17, 15) is 0 Å². The Hall–Kier alpha value is -1.06. The quantitative estimate of drug-likeness (QED) is 0.527. The van der Waals surface area contributed by atoms with Crippen LogP contribution in [0, 0.1) is 5.92 Å². The van der Waals surface area contributed by atoms with Crippen LogP contribution in [0.5, 0.6) is 0 Å². The molecule has 1 aliphatic heterocycles. The van der Waals surface area contributed by atoms with Crippen molar-refractivity contribution in [2.24, 2.45) is 5.92 Å². The van der Waals surface area contributed by atoms with E-state index in [0.29, 0.717) is 0 Å². The Morgan fingerprint density at radius 1 is 0.926 bits per heavy atom. The molecule has 1 saturated heterocycles. The molecule has 1 aliphatic rings. The zero-order chi connectivity index (χ0) is 20.1. The topological polar surface area (TPSA) is 9.72 Å². The second kappa shape index (κ2) is 14.0. The van der Waals surface area contributed by atoms with Crippen LogP contribution in [0.4, 0.5) is 5.69 Å². The Balaban J connectivity index is 0.00000114. The largest absolute Gasteiger partial charge is 0.369 e. The first-order valence-electron chi connectivity index (χ1n) is 11.2. The van der Waals surface area contributed by atoms with E-state index in [0.717, 1.165) is 25.6 Å². The van der Waals surface area contributed by atoms with Crippen molar-refractivity contribution in [1.29, 1.82) is 0 Å². The fraction of sp³-hybridized carbons (Fsp3) is 0.750. The van der Waals surface area contributed by atoms with Crippen molar-refractivity contribution in [3.8, 4) is 0 Å². The van der Waals surface area contributed by atoms with Crippen LogP contribution < -0.4 is 4.90 Å². The molecule has 1 fully saturated rings. The fourth-order valence-corrected chi connectivity index (χ4v) is 3.38. The summed E-state index contributed by atoms with van der Waals surface area (Å²) in [5.41, 5.74) is 2.81. The van der Waals surface area contributed by atoms with Gasteiger partial charge in [0.2, 0.25) is 0 Å². The second-order valence-electron chi connectivity index (χ2n) is 8.64. The van der Waals surface area contributed by atoms with Crippen molar-refractivity contribution >= 4 is 5.69 Å². The number of benzene rings is 1. The molecule has 0 bridgehead atoms. The van der Waals surface area contributed by atoms with E-state index >= 15 is 0 Å². The van der Waals surface area contributed by atoms with Crippen LogP contribution in [0.1, 0.15) is 65.4 Å². The predicted molar refractivity (Wildman–Crippen MR) is 122 cm³/mol. The van der Waals surface area contributed by atoms with Gasteiger partial charge in [-0.3, -0.25) is 0 Å². The van der Waals surface area contributed by atoms with Crippen LogP contribution in [0.2, 0.25) is 0 Å². The molecule has 0 amide bonds. The number of likely N-dealkylation sites (N-methyl/N-ethyl adjacent to an activating group) is 1. The van der Waals surface area contributed by atoms with E-state index in [-0.39, 0.29) is 0 Å². The van der Waals surface area contributed by atoms with E-state index in [1.165, 1.54) is 63.0 Å². The third-order valence-corrected chi connectivity index (χ3v) is 5.08. The Bertz CT molecular complexity index is 461. The van der Waals surface area contributed by atoms with Crippen molar-refractivity contribution in [1.82, 2.24) is 9.80 Å². The van der Waals surface area contributed by atoms with Crippen LogP contribution in [-0.2, 0) is 6.54 Å². The predicted octanol–water partition coefficient (Wildman–Crippen LogP) is 5.50. The lowest BCUT2D eigenvalue weighted by atomic mass is 10.1. The molecule has 0 radical (unpaired) electrons. The molecule has 1 aromatic carbocycles. The second-order valence-corrected chi connectivity index (χ2v) is 8.64. The van der Waals surface area contributed by atoms with Gasteiger partial charge in [-0.25, -0.2) is 0 Å². The molecule has 1 heterocycles. The average molecular weight is 376 g/mol. The number of rotatable bonds is 9. The normalized spacial score (nSPS) is 15.2. The number of hydrogen-bond acceptors (Lipinski definition) is 3. The van der Waals surface area contributed by atoms with Gasteiger partial charge >= 0.3 is 0 Å². The standard InChI is InChI=1S/C21H37N3.C3H8/c1-19(2)8-6-5-7-13-23(4)18-20-9-11-21(12-10-20)24-16-14-22(3)15-17-24;1-3-2/h9-12,19H,5-8,13-18H2,1-4H3;3H2,1-2H3. The van der Waals surface area contributed by atoms with Crippen molar-refractivity contribution in [3.63, 3.8) is 0 Å². The summed E-state index contributed by atoms with van der Waals surface area (Å²) in [5, 5.41) is 0. The van der Waals surface area contributed by atoms with E-state index in [2.05, 4.69) is 80.8 Å². The third-order valence-electron chi connectivity index (χ3n) is 5.08. The van der Waals surface area contributed by atoms with Crippen LogP contribution in [0.3, 0.4) is 0 Å². The van der Waals surface area contributed by atoms with Gasteiger partial charge in [0.1, 0.15) is 0 Å². The van der Waals surface area contributed by atoms with Crippen molar-refractivity contribution < 1.29 is 0 Å². The highest BCUT2D eigenvalue weighted by atomic mass is 15.2. The Morgan fingerprint density at radius 2 is 1.52 bits per heavy atom. The summed E-state index contributed by atoms with van der Waals surface area (Å²) in [6.45, 7) is 15.8. The van der Waals surface area contributed by atoms with E-state index in [1.54, 1.807) is 0 Å². The van der Waals surface area contributed by atoms with E-state index in [1.807, 2.05) is 0 Å². The highest BCUT2D eigenvalue weighted by Crippen LogP contribution is 2.18. The summed E-state index contributed by atoms with van der Waals surface area (Å²) < 4.78 is 0. The maximum Gasteiger partial charge on any atom is 0.0367 e. The lowest BCUT2D eigenvalue weighted by Gasteiger charge is -2.34. The van der Waals surface area contributed by atoms with Gasteiger partial charge in [-0.1, -0.05) is 65.5 Å². The lowest BCUT2D eigenvalue weighted by Crippen LogP contribution is -2.44. The first kappa shape index (κ1) is 24.0. The third kappa shape index (κ3) is 10.8. The SMILES string of the molecule is CC(C)CCCCCN(C)Cc1ccc(N2CCN(C)CC2)cc1.CCC. The molecule has 0 N–H and O–H groups in total. The molecule has 0 atom stereocenters. The summed E-state index contributed by atoms with van der Waals surface area (Å²) in [4.78, 5) is 7.36. The zero-order valence-electron chi connectivity index (χ0n) is 19.0. The molecule has 1 aromatic rings. The summed E-state index contributed by atoms with van der Waals surface area (Å²) in [6.07, 6.45) is 6.69. The monoisotopic (exact) mass is 375 g/mol. The number of anilines is 1. The molecule has 3 nitrogen and oxygen atoms in total. The Kier molecular flexibility index (Phi) is 12.4. The molecule has 0 unspecified atom stereocenters. The number of piperazine rings is 1. The zero-order valence-corrected chi connectivity index (χ0v) is 19.0. The number of unbranched alkanes of at least 4 members (excludes halogenated alkanes) is 2. The van der Waals surface area contributed by atoms with Crippen molar-refractivity contribution in [2.75, 3.05) is 51.7 Å². The molecular weight excluding hydrogens is 330 g/mol. The van der Waals surface area contributed by atoms with Gasteiger partial charge in [0.05, 0.1) is 0 Å². The van der Waals surface area contributed by atoms with E-state index in [4.69, 9.17) is 0 Å². The highest BCUT2D eigenvalue weighted by molar-refractivity contribution is 5.48. The van der Waals surface area contributed by atoms with Gasteiger partial charge < -0.3 is 14.7 Å². The van der Waals surface area contributed by atoms with Gasteiger partial charge in [-0.15, -0.1) is 0 Å². The smallest absolute Gasteiger partial charge is 0.0367 e. The summed E-state index contributed by atoms with van der Waals surface area (Å²) in [7, 11) is 4.45. The molecular formula is C24H45N3. The minimum atomic E-state index is 0.849. The highest BCUT2D eigenvalue weighted by Gasteiger charge is 2.14. The molecule has 3 heteroatoms. The Labute approximate surface area is 169 Å². The van der Waals surface area contributed by atoms with Crippen LogP contribution in [0.15, 0.2) is 24.3 Å². The summed E-state index contributed by atoms with van der Waals surface area (Å²) in [6, 6.07) is 9.22. The minimum Gasteiger partial charge on any atom is -0.369 e. The number of hydrogen-bond donors (Lipinski definition) is 0. The molecule has 156 valence electrons. The molecule has 0 aliphatic carbocycles. The van der Waals surface area contributed by atoms with Gasteiger partial charge in [-0.2, -0.15) is 0 Å². The van der Waals surface area contributed by atoms with Crippen LogP contribution >= 0.6 is 0 Å². The molecule has 27 heavy (non-hydrogen) atoms. The molecule has 0 spiro atoms. The maximum atomic E-state index is 2.50. The van der Waals surface area contributed by atoms with Crippen molar-refractivity contribution in [3.05, 3.63) is 29.8 Å². The lowest BCUT2D eigenvalue weighted by molar-refractivity contribution is 0.312. The van der Waals surface area contributed by atoms with Gasteiger partial charge in [0.25, 0.3) is 0 Å². The van der Waals surface area contributed by atoms with Crippen LogP contribution in [0.25, 0.3) is 0 Å². The summed E-state index contributed by atoms with van der Waals surface area (Å²) in [5.74, 6) is 0.849. The van der Waals surface area contributed by atoms with Crippen molar-refractivity contribution in [2.45, 2.75) is 66.3 Å². The first-order valence-corrected chi connectivity index (χ1v) is 11.2. The molecule has 0 saturated carbocycles. The Morgan fingerprint density at radius 3 is 2.07 bits per heavy atom. The summed E-state index contributed by atoms with van der Waals surface area (Å²) >= 11 is 0. The van der Waals surface area contributed by atoms with Gasteiger partial charge in [0.15, 0.2) is 0 Å². The van der Waals surface area contributed by atoms with Crippen LogP contribution in [-0.4, -0.2) is 56.6 Å². The first-order chi connectivity index (χ1) is 13.0. The molecule has 2 rings (SSSR count). The minimum absolute atomic E-state index is 0.849. The molecule has 0 aromatic heterocycles. The maximum absolute atomic E-state index is 2.50. The van der Waals surface area contributed by atoms with E-state index < -0.39 is 0 Å². The number of nitrogens with zero attached hydrogens (tertiary/aromatic N) is 3. The van der Waals surface area contributed by atoms with Gasteiger partial charge in [0, 0.05) is 38.4 Å².